The number of ether oxygens (including phenoxy) is 1. The second kappa shape index (κ2) is 6.29. The molecule has 0 fully saturated rings. The summed E-state index contributed by atoms with van der Waals surface area (Å²) in [6.07, 6.45) is 0. The van der Waals surface area contributed by atoms with Crippen LogP contribution in [0.1, 0.15) is 11.4 Å². The van der Waals surface area contributed by atoms with Crippen LogP contribution in [0.3, 0.4) is 0 Å². The first kappa shape index (κ1) is 14.2. The Morgan fingerprint density at radius 1 is 1.40 bits per heavy atom. The van der Waals surface area contributed by atoms with Gasteiger partial charge in [0.2, 0.25) is 5.16 Å². The molecule has 2 aromatic rings. The van der Waals surface area contributed by atoms with Gasteiger partial charge in [-0.2, -0.15) is 0 Å². The van der Waals surface area contributed by atoms with Gasteiger partial charge in [-0.3, -0.25) is 0 Å². The summed E-state index contributed by atoms with van der Waals surface area (Å²) in [7, 11) is 0. The summed E-state index contributed by atoms with van der Waals surface area (Å²) < 4.78 is 6.74. The van der Waals surface area contributed by atoms with Crippen molar-refractivity contribution >= 4 is 17.7 Å². The van der Waals surface area contributed by atoms with Gasteiger partial charge in [-0.05, 0) is 19.1 Å². The van der Waals surface area contributed by atoms with Crippen molar-refractivity contribution in [1.82, 2.24) is 14.9 Å². The maximum atomic E-state index is 10.4. The lowest BCUT2D eigenvalue weighted by molar-refractivity contribution is -0.301. The van der Waals surface area contributed by atoms with E-state index in [9.17, 15) is 9.90 Å². The van der Waals surface area contributed by atoms with E-state index in [4.69, 9.17) is 10.6 Å². The van der Waals surface area contributed by atoms with Gasteiger partial charge in [0.05, 0.1) is 5.97 Å². The topological polar surface area (TPSA) is 106 Å². The number of carboxylic acids is 1. The monoisotopic (exact) mass is 293 g/mol. The molecule has 1 heterocycles. The molecular formula is C12H13N4O3S-. The van der Waals surface area contributed by atoms with Gasteiger partial charge >= 0.3 is 0 Å². The zero-order valence-corrected chi connectivity index (χ0v) is 11.6. The molecule has 0 aliphatic carbocycles. The largest absolute Gasteiger partial charge is 0.549 e. The van der Waals surface area contributed by atoms with E-state index in [0.717, 1.165) is 17.3 Å². The first-order valence-corrected chi connectivity index (χ1v) is 6.76. The maximum Gasteiger partial charge on any atom is 0.210 e. The number of hydrogen-bond acceptors (Lipinski definition) is 7. The second-order valence-electron chi connectivity index (χ2n) is 4.03. The Morgan fingerprint density at radius 2 is 2.10 bits per heavy atom. The Morgan fingerprint density at radius 3 is 2.75 bits per heavy atom. The molecule has 1 aromatic heterocycles. The Bertz CT molecular complexity index is 597. The highest BCUT2D eigenvalue weighted by atomic mass is 32.2. The molecule has 0 aliphatic heterocycles. The number of carbonyl (C=O) groups is 1. The van der Waals surface area contributed by atoms with Crippen LogP contribution in [0, 0.1) is 6.92 Å². The van der Waals surface area contributed by atoms with Crippen molar-refractivity contribution in [2.45, 2.75) is 18.7 Å². The number of aliphatic carboxylic acids is 1. The first-order valence-electron chi connectivity index (χ1n) is 5.77. The normalized spacial score (nSPS) is 10.4. The maximum absolute atomic E-state index is 10.4. The minimum atomic E-state index is -1.18. The first-order chi connectivity index (χ1) is 9.56. The standard InChI is InChI=1S/C12H14N4O3S/c1-8-2-4-9(5-3-8)19-6-10-14-15-12(16(10)13)20-7-11(17)18/h2-5H,6-7,13H2,1H3,(H,17,18)/p-1. The van der Waals surface area contributed by atoms with E-state index in [1.54, 1.807) is 0 Å². The van der Waals surface area contributed by atoms with Crippen LogP contribution in [-0.4, -0.2) is 26.6 Å². The predicted molar refractivity (Wildman–Crippen MR) is 71.4 cm³/mol. The summed E-state index contributed by atoms with van der Waals surface area (Å²) in [6, 6.07) is 7.56. The Balaban J connectivity index is 1.96. The summed E-state index contributed by atoms with van der Waals surface area (Å²) in [5, 5.41) is 18.3. The number of nitrogen functional groups attached to an aromatic ring is 1. The average Bonchev–Trinajstić information content (AvgIpc) is 2.77. The summed E-state index contributed by atoms with van der Waals surface area (Å²) in [4.78, 5) is 10.4. The fourth-order valence-electron chi connectivity index (χ4n) is 1.41. The van der Waals surface area contributed by atoms with E-state index >= 15 is 0 Å². The number of benzene rings is 1. The third-order valence-corrected chi connectivity index (χ3v) is 3.36. The van der Waals surface area contributed by atoms with Crippen molar-refractivity contribution in [2.24, 2.45) is 0 Å². The van der Waals surface area contributed by atoms with Gasteiger partial charge in [0, 0.05) is 5.75 Å². The van der Waals surface area contributed by atoms with Gasteiger partial charge in [-0.25, -0.2) is 4.68 Å². The second-order valence-corrected chi connectivity index (χ2v) is 4.97. The third kappa shape index (κ3) is 3.64. The predicted octanol–water partition coefficient (Wildman–Crippen LogP) is -0.279. The molecule has 2 N–H and O–H groups in total. The van der Waals surface area contributed by atoms with Gasteiger partial charge in [-0.15, -0.1) is 10.2 Å². The Kier molecular flexibility index (Phi) is 4.46. The van der Waals surface area contributed by atoms with Crippen molar-refractivity contribution in [3.8, 4) is 5.75 Å². The molecule has 0 atom stereocenters. The molecule has 0 saturated heterocycles. The highest BCUT2D eigenvalue weighted by Crippen LogP contribution is 2.16. The lowest BCUT2D eigenvalue weighted by atomic mass is 10.2. The number of rotatable bonds is 6. The van der Waals surface area contributed by atoms with Gasteiger partial charge in [0.25, 0.3) is 0 Å². The third-order valence-electron chi connectivity index (χ3n) is 2.44. The fourth-order valence-corrected chi connectivity index (χ4v) is 2.00. The van der Waals surface area contributed by atoms with Crippen molar-refractivity contribution in [1.29, 1.82) is 0 Å². The van der Waals surface area contributed by atoms with Gasteiger partial charge in [0.15, 0.2) is 5.82 Å². The molecule has 8 heteroatoms. The zero-order valence-electron chi connectivity index (χ0n) is 10.8. The van der Waals surface area contributed by atoms with Crippen molar-refractivity contribution in [3.63, 3.8) is 0 Å². The Hall–Kier alpha value is -2.22. The minimum absolute atomic E-state index is 0.151. The number of nitrogens with two attached hydrogens (primary N) is 1. The molecule has 2 rings (SSSR count). The van der Waals surface area contributed by atoms with E-state index in [0.29, 0.717) is 16.7 Å². The number of aryl methyl sites for hydroxylation is 1. The lowest BCUT2D eigenvalue weighted by Gasteiger charge is -2.06. The van der Waals surface area contributed by atoms with Crippen LogP contribution < -0.4 is 15.7 Å². The van der Waals surface area contributed by atoms with E-state index in [1.807, 2.05) is 31.2 Å². The number of nitrogens with zero attached hydrogens (tertiary/aromatic N) is 3. The molecule has 0 unspecified atom stereocenters. The molecule has 0 amide bonds. The molecule has 0 aliphatic rings. The average molecular weight is 293 g/mol. The molecule has 0 saturated carbocycles. The minimum Gasteiger partial charge on any atom is -0.549 e. The molecule has 7 nitrogen and oxygen atoms in total. The van der Waals surface area contributed by atoms with Crippen molar-refractivity contribution < 1.29 is 14.6 Å². The molecule has 20 heavy (non-hydrogen) atoms. The number of carbonyl (C=O) groups excluding carboxylic acids is 1. The SMILES string of the molecule is Cc1ccc(OCc2nnc(SCC(=O)[O-])n2N)cc1. The van der Waals surface area contributed by atoms with E-state index in [2.05, 4.69) is 10.2 Å². The van der Waals surface area contributed by atoms with Gasteiger partial charge < -0.3 is 20.5 Å². The summed E-state index contributed by atoms with van der Waals surface area (Å²) in [5.74, 6) is 5.45. The number of hydrogen-bond donors (Lipinski definition) is 1. The van der Waals surface area contributed by atoms with Crippen molar-refractivity contribution in [2.75, 3.05) is 11.6 Å². The van der Waals surface area contributed by atoms with Crippen LogP contribution in [0.2, 0.25) is 0 Å². The van der Waals surface area contributed by atoms with Crippen LogP contribution in [-0.2, 0) is 11.4 Å². The van der Waals surface area contributed by atoms with Crippen molar-refractivity contribution in [3.05, 3.63) is 35.7 Å². The summed E-state index contributed by atoms with van der Waals surface area (Å²) in [6.45, 7) is 2.14. The van der Waals surface area contributed by atoms with Gasteiger partial charge in [-0.1, -0.05) is 29.5 Å². The number of thioether (sulfide) groups is 1. The van der Waals surface area contributed by atoms with E-state index < -0.39 is 5.97 Å². The Labute approximate surface area is 119 Å². The fraction of sp³-hybridized carbons (Fsp3) is 0.250. The number of carboxylic acid groups (broad SMARTS) is 1. The molecule has 0 radical (unpaired) electrons. The van der Waals surface area contributed by atoms with Crippen LogP contribution in [0.4, 0.5) is 0 Å². The van der Waals surface area contributed by atoms with Crippen LogP contribution >= 0.6 is 11.8 Å². The molecule has 106 valence electrons. The van der Waals surface area contributed by atoms with Gasteiger partial charge in [0.1, 0.15) is 12.4 Å². The highest BCUT2D eigenvalue weighted by Gasteiger charge is 2.10. The van der Waals surface area contributed by atoms with E-state index in [1.165, 1.54) is 4.68 Å². The number of aromatic nitrogens is 3. The zero-order chi connectivity index (χ0) is 14.5. The quantitative estimate of drug-likeness (QED) is 0.576. The summed E-state index contributed by atoms with van der Waals surface area (Å²) in [5.41, 5.74) is 1.14. The van der Waals surface area contributed by atoms with Crippen LogP contribution in [0.25, 0.3) is 0 Å². The van der Waals surface area contributed by atoms with Crippen LogP contribution in [0.15, 0.2) is 29.4 Å². The molecular weight excluding hydrogens is 280 g/mol. The lowest BCUT2D eigenvalue weighted by Crippen LogP contribution is -2.25. The smallest absolute Gasteiger partial charge is 0.210 e. The molecule has 0 spiro atoms. The van der Waals surface area contributed by atoms with E-state index in [-0.39, 0.29) is 12.4 Å². The van der Waals surface area contributed by atoms with Crippen LogP contribution in [0.5, 0.6) is 5.75 Å². The highest BCUT2D eigenvalue weighted by molar-refractivity contribution is 7.99. The molecule has 1 aromatic carbocycles. The molecule has 0 bridgehead atoms. The summed E-state index contributed by atoms with van der Waals surface area (Å²) >= 11 is 0.946.